The van der Waals surface area contributed by atoms with Crippen LogP contribution in [0.15, 0.2) is 12.3 Å². The number of fused-ring (bicyclic) bond motifs is 1. The molecule has 0 unspecified atom stereocenters. The van der Waals surface area contributed by atoms with Crippen molar-refractivity contribution in [3.8, 4) is 0 Å². The molecule has 2 fully saturated rings. The van der Waals surface area contributed by atoms with Crippen LogP contribution in [0.1, 0.15) is 6.92 Å². The number of rotatable bonds is 3. The lowest BCUT2D eigenvalue weighted by molar-refractivity contribution is -0.346. The molecule has 0 radical (unpaired) electrons. The van der Waals surface area contributed by atoms with Crippen molar-refractivity contribution in [1.29, 1.82) is 0 Å². The van der Waals surface area contributed by atoms with E-state index in [1.807, 2.05) is 0 Å². The quantitative estimate of drug-likeness (QED) is 0.265. The first-order valence-corrected chi connectivity index (χ1v) is 8.06. The predicted octanol–water partition coefficient (Wildman–Crippen LogP) is -3.61. The third kappa shape index (κ3) is 2.97. The van der Waals surface area contributed by atoms with E-state index in [4.69, 9.17) is 14.2 Å². The highest BCUT2D eigenvalue weighted by Gasteiger charge is 2.61. The summed E-state index contributed by atoms with van der Waals surface area (Å²) in [6, 6.07) is 0. The molecule has 2 aliphatic heterocycles. The number of aliphatic hydroxyl groups excluding tert-OH is 6. The van der Waals surface area contributed by atoms with Crippen LogP contribution in [0.4, 0.5) is 0 Å². The molecule has 0 aromatic heterocycles. The first kappa shape index (κ1) is 19.0. The van der Waals surface area contributed by atoms with Crippen LogP contribution in [0.5, 0.6) is 0 Å². The zero-order chi connectivity index (χ0) is 18.5. The van der Waals surface area contributed by atoms with Crippen molar-refractivity contribution in [3.63, 3.8) is 0 Å². The van der Waals surface area contributed by atoms with Gasteiger partial charge in [-0.25, -0.2) is 0 Å². The first-order valence-electron chi connectivity index (χ1n) is 8.06. The Morgan fingerprint density at radius 3 is 2.32 bits per heavy atom. The summed E-state index contributed by atoms with van der Waals surface area (Å²) in [5.74, 6) is -1.54. The SMILES string of the molecule is C[C@]1(O)[C@H]2[C@H](O[C@@H]3O[C@H](CO)[C@@H](O)[C@H](O)[C@H]3O)OC=C[C@H]2[C@H](O)[C@@H]1O. The summed E-state index contributed by atoms with van der Waals surface area (Å²) in [5.41, 5.74) is -1.74. The van der Waals surface area contributed by atoms with Crippen molar-refractivity contribution >= 4 is 0 Å². The van der Waals surface area contributed by atoms with Gasteiger partial charge < -0.3 is 50.0 Å². The van der Waals surface area contributed by atoms with E-state index in [9.17, 15) is 35.7 Å². The second-order valence-electron chi connectivity index (χ2n) is 6.93. The van der Waals surface area contributed by atoms with E-state index in [2.05, 4.69) is 0 Å². The third-order valence-electron chi connectivity index (χ3n) is 5.33. The molecule has 0 aromatic rings. The van der Waals surface area contributed by atoms with Crippen LogP contribution in [0.3, 0.4) is 0 Å². The van der Waals surface area contributed by atoms with Gasteiger partial charge in [-0.15, -0.1) is 0 Å². The molecule has 1 saturated heterocycles. The Labute approximate surface area is 143 Å². The smallest absolute Gasteiger partial charge is 0.208 e. The number of aliphatic hydroxyl groups is 7. The fourth-order valence-corrected chi connectivity index (χ4v) is 3.77. The zero-order valence-electron chi connectivity index (χ0n) is 13.5. The van der Waals surface area contributed by atoms with Gasteiger partial charge in [-0.3, -0.25) is 0 Å². The fourth-order valence-electron chi connectivity index (χ4n) is 3.77. The van der Waals surface area contributed by atoms with Crippen molar-refractivity contribution in [2.45, 2.75) is 61.7 Å². The molecule has 7 N–H and O–H groups in total. The van der Waals surface area contributed by atoms with Crippen LogP contribution in [0.25, 0.3) is 0 Å². The predicted molar refractivity (Wildman–Crippen MR) is 78.5 cm³/mol. The molecule has 3 rings (SSSR count). The van der Waals surface area contributed by atoms with Crippen LogP contribution in [0, 0.1) is 11.8 Å². The minimum atomic E-state index is -1.74. The van der Waals surface area contributed by atoms with Gasteiger partial charge in [-0.1, -0.05) is 0 Å². The van der Waals surface area contributed by atoms with Crippen LogP contribution < -0.4 is 0 Å². The summed E-state index contributed by atoms with van der Waals surface area (Å²) in [4.78, 5) is 0. The van der Waals surface area contributed by atoms with Crippen molar-refractivity contribution in [1.82, 2.24) is 0 Å². The van der Waals surface area contributed by atoms with E-state index in [1.54, 1.807) is 0 Å². The zero-order valence-corrected chi connectivity index (χ0v) is 13.5. The van der Waals surface area contributed by atoms with Gasteiger partial charge >= 0.3 is 0 Å². The van der Waals surface area contributed by atoms with E-state index in [-0.39, 0.29) is 0 Å². The van der Waals surface area contributed by atoms with Gasteiger partial charge in [0.25, 0.3) is 0 Å². The maximum absolute atomic E-state index is 10.5. The van der Waals surface area contributed by atoms with Gasteiger partial charge in [0.05, 0.1) is 30.5 Å². The van der Waals surface area contributed by atoms with Crippen LogP contribution in [-0.2, 0) is 14.2 Å². The number of hydrogen-bond donors (Lipinski definition) is 7. The van der Waals surface area contributed by atoms with Crippen LogP contribution in [-0.4, -0.2) is 97.2 Å². The molecular weight excluding hydrogens is 340 g/mol. The molecule has 25 heavy (non-hydrogen) atoms. The van der Waals surface area contributed by atoms with E-state index in [1.165, 1.54) is 19.3 Å². The summed E-state index contributed by atoms with van der Waals surface area (Å²) in [6.45, 7) is 0.717. The monoisotopic (exact) mass is 364 g/mol. The molecule has 10 nitrogen and oxygen atoms in total. The molecule has 0 spiro atoms. The lowest BCUT2D eigenvalue weighted by atomic mass is 9.84. The van der Waals surface area contributed by atoms with Gasteiger partial charge in [0.15, 0.2) is 6.29 Å². The summed E-state index contributed by atoms with van der Waals surface area (Å²) in [7, 11) is 0. The molecule has 1 aliphatic carbocycles. The summed E-state index contributed by atoms with van der Waals surface area (Å²) in [5, 5.41) is 69.6. The van der Waals surface area contributed by atoms with Gasteiger partial charge in [-0.05, 0) is 13.0 Å². The first-order chi connectivity index (χ1) is 11.7. The summed E-state index contributed by atoms with van der Waals surface area (Å²) in [6.07, 6.45) is -8.54. The van der Waals surface area contributed by atoms with Crippen molar-refractivity contribution in [3.05, 3.63) is 12.3 Å². The minimum Gasteiger partial charge on any atom is -0.472 e. The minimum absolute atomic E-state index is 0.614. The molecule has 0 amide bonds. The second-order valence-corrected chi connectivity index (χ2v) is 6.93. The molecular formula is C15H24O10. The second kappa shape index (κ2) is 6.72. The highest BCUT2D eigenvalue weighted by atomic mass is 16.8. The van der Waals surface area contributed by atoms with Gasteiger partial charge in [-0.2, -0.15) is 0 Å². The van der Waals surface area contributed by atoms with E-state index < -0.39 is 73.2 Å². The van der Waals surface area contributed by atoms with E-state index >= 15 is 0 Å². The van der Waals surface area contributed by atoms with E-state index in [0.29, 0.717) is 0 Å². The summed E-state index contributed by atoms with van der Waals surface area (Å²) >= 11 is 0. The van der Waals surface area contributed by atoms with Crippen LogP contribution >= 0.6 is 0 Å². The fraction of sp³-hybridized carbons (Fsp3) is 0.867. The van der Waals surface area contributed by atoms with Crippen molar-refractivity contribution in [2.24, 2.45) is 11.8 Å². The van der Waals surface area contributed by atoms with Gasteiger partial charge in [0.1, 0.15) is 30.5 Å². The molecule has 3 aliphatic rings. The van der Waals surface area contributed by atoms with E-state index in [0.717, 1.165) is 0 Å². The largest absolute Gasteiger partial charge is 0.472 e. The maximum Gasteiger partial charge on any atom is 0.208 e. The average Bonchev–Trinajstić information content (AvgIpc) is 2.77. The normalized spacial score (nSPS) is 55.7. The highest BCUT2D eigenvalue weighted by molar-refractivity contribution is 5.14. The molecule has 10 heteroatoms. The molecule has 11 atom stereocenters. The molecule has 1 saturated carbocycles. The lowest BCUT2D eigenvalue weighted by Gasteiger charge is -2.43. The maximum atomic E-state index is 10.5. The third-order valence-corrected chi connectivity index (χ3v) is 5.33. The van der Waals surface area contributed by atoms with Gasteiger partial charge in [0.2, 0.25) is 6.29 Å². The van der Waals surface area contributed by atoms with Crippen molar-refractivity contribution in [2.75, 3.05) is 6.61 Å². The van der Waals surface area contributed by atoms with Crippen molar-refractivity contribution < 1.29 is 50.0 Å². The highest BCUT2D eigenvalue weighted by Crippen LogP contribution is 2.46. The molecule has 0 aromatic carbocycles. The molecule has 2 heterocycles. The Balaban J connectivity index is 1.79. The Hall–Kier alpha value is -0.820. The lowest BCUT2D eigenvalue weighted by Crippen LogP contribution is -2.60. The summed E-state index contributed by atoms with van der Waals surface area (Å²) < 4.78 is 16.1. The number of hydrogen-bond acceptors (Lipinski definition) is 10. The Bertz CT molecular complexity index is 509. The Morgan fingerprint density at radius 2 is 1.68 bits per heavy atom. The average molecular weight is 364 g/mol. The van der Waals surface area contributed by atoms with Gasteiger partial charge in [0, 0.05) is 5.92 Å². The topological polar surface area (TPSA) is 169 Å². The Morgan fingerprint density at radius 1 is 1.00 bits per heavy atom. The van der Waals surface area contributed by atoms with Crippen LogP contribution in [0.2, 0.25) is 0 Å². The molecule has 144 valence electrons. The molecule has 0 bridgehead atoms. The Kier molecular flexibility index (Phi) is 5.10. The number of ether oxygens (including phenoxy) is 3. The standard InChI is InChI=1S/C15H24O10/c1-15(22)7-5(8(17)12(15)21)2-3-23-13(7)25-14-11(20)10(19)9(18)6(4-16)24-14/h2-3,5-14,16-22H,4H2,1H3/t5-,6-,7-,8+,9-,10+,11-,12+,13+,14+,15+/m1/s1.